The molecule has 1 aromatic heterocycles. The zero-order valence-corrected chi connectivity index (χ0v) is 18.3. The molecular weight excluding hydrogens is 435 g/mol. The van der Waals surface area contributed by atoms with Gasteiger partial charge in [-0.05, 0) is 49.2 Å². The maximum Gasteiger partial charge on any atom is 0.416 e. The molecule has 168 valence electrons. The van der Waals surface area contributed by atoms with E-state index in [-0.39, 0.29) is 12.3 Å². The van der Waals surface area contributed by atoms with Gasteiger partial charge in [0, 0.05) is 24.0 Å². The van der Waals surface area contributed by atoms with Crippen LogP contribution in [-0.2, 0) is 30.5 Å². The van der Waals surface area contributed by atoms with Crippen molar-refractivity contribution in [2.75, 3.05) is 13.1 Å². The van der Waals surface area contributed by atoms with Crippen molar-refractivity contribution in [2.45, 2.75) is 38.5 Å². The van der Waals surface area contributed by atoms with Crippen LogP contribution in [-0.4, -0.2) is 28.9 Å². The predicted molar refractivity (Wildman–Crippen MR) is 119 cm³/mol. The van der Waals surface area contributed by atoms with E-state index in [1.807, 2.05) is 18.2 Å². The maximum atomic E-state index is 12.7. The van der Waals surface area contributed by atoms with Crippen molar-refractivity contribution in [1.82, 2.24) is 15.2 Å². The number of hydrogen-bond donors (Lipinski definition) is 1. The van der Waals surface area contributed by atoms with Crippen LogP contribution in [0.15, 0.2) is 53.9 Å². The van der Waals surface area contributed by atoms with Crippen LogP contribution >= 0.6 is 11.3 Å². The van der Waals surface area contributed by atoms with Crippen LogP contribution in [0.4, 0.5) is 13.2 Å². The molecule has 0 aliphatic carbocycles. The summed E-state index contributed by atoms with van der Waals surface area (Å²) >= 11 is 1.31. The van der Waals surface area contributed by atoms with Crippen LogP contribution in [0.25, 0.3) is 10.6 Å². The van der Waals surface area contributed by atoms with E-state index in [0.29, 0.717) is 22.8 Å². The zero-order valence-electron chi connectivity index (χ0n) is 17.5. The summed E-state index contributed by atoms with van der Waals surface area (Å²) in [6, 6.07) is 13.0. The quantitative estimate of drug-likeness (QED) is 0.523. The molecule has 1 amide bonds. The van der Waals surface area contributed by atoms with Crippen molar-refractivity contribution in [3.05, 3.63) is 76.3 Å². The number of hydrogen-bond acceptors (Lipinski definition) is 4. The maximum absolute atomic E-state index is 12.7. The number of carbonyl (C=O) groups excluding carboxylic acids is 1. The SMILES string of the molecule is O=C(Cc1csc(-c2ccc(C(F)(F)F)cc2)n1)NCc1ccccc1CN1CCCC1. The van der Waals surface area contributed by atoms with Gasteiger partial charge in [-0.1, -0.05) is 36.4 Å². The molecule has 0 atom stereocenters. The van der Waals surface area contributed by atoms with Gasteiger partial charge in [-0.25, -0.2) is 4.98 Å². The highest BCUT2D eigenvalue weighted by atomic mass is 32.1. The molecule has 1 aliphatic heterocycles. The van der Waals surface area contributed by atoms with Gasteiger partial charge in [0.05, 0.1) is 17.7 Å². The molecule has 0 radical (unpaired) electrons. The minimum absolute atomic E-state index is 0.130. The zero-order chi connectivity index (χ0) is 22.6. The van der Waals surface area contributed by atoms with Crippen molar-refractivity contribution in [1.29, 1.82) is 0 Å². The third kappa shape index (κ3) is 5.75. The molecule has 1 saturated heterocycles. The molecule has 32 heavy (non-hydrogen) atoms. The van der Waals surface area contributed by atoms with Gasteiger partial charge in [-0.3, -0.25) is 9.69 Å². The number of nitrogens with one attached hydrogen (secondary N) is 1. The number of nitrogens with zero attached hydrogens (tertiary/aromatic N) is 2. The Hall–Kier alpha value is -2.71. The number of carbonyl (C=O) groups is 1. The van der Waals surface area contributed by atoms with E-state index in [9.17, 15) is 18.0 Å². The summed E-state index contributed by atoms with van der Waals surface area (Å²) in [7, 11) is 0. The van der Waals surface area contributed by atoms with Crippen LogP contribution in [0, 0.1) is 0 Å². The molecule has 1 aliphatic rings. The lowest BCUT2D eigenvalue weighted by molar-refractivity contribution is -0.137. The topological polar surface area (TPSA) is 45.2 Å². The predicted octanol–water partition coefficient (Wildman–Crippen LogP) is 5.28. The molecule has 0 unspecified atom stereocenters. The Morgan fingerprint density at radius 1 is 1.03 bits per heavy atom. The monoisotopic (exact) mass is 459 g/mol. The van der Waals surface area contributed by atoms with Crippen LogP contribution in [0.1, 0.15) is 35.2 Å². The van der Waals surface area contributed by atoms with Crippen molar-refractivity contribution in [3.63, 3.8) is 0 Å². The Morgan fingerprint density at radius 3 is 2.41 bits per heavy atom. The van der Waals surface area contributed by atoms with Crippen molar-refractivity contribution in [3.8, 4) is 10.6 Å². The largest absolute Gasteiger partial charge is 0.416 e. The van der Waals surface area contributed by atoms with Crippen LogP contribution in [0.2, 0.25) is 0 Å². The van der Waals surface area contributed by atoms with E-state index in [2.05, 4.69) is 21.3 Å². The van der Waals surface area contributed by atoms with E-state index in [4.69, 9.17) is 0 Å². The van der Waals surface area contributed by atoms with Gasteiger partial charge in [0.2, 0.25) is 5.91 Å². The molecule has 8 heteroatoms. The van der Waals surface area contributed by atoms with Crippen molar-refractivity contribution in [2.24, 2.45) is 0 Å². The fourth-order valence-electron chi connectivity index (χ4n) is 3.81. The van der Waals surface area contributed by atoms with Gasteiger partial charge in [-0.2, -0.15) is 13.2 Å². The highest BCUT2D eigenvalue weighted by molar-refractivity contribution is 7.13. The normalized spacial score (nSPS) is 14.6. The van der Waals surface area contributed by atoms with Gasteiger partial charge in [-0.15, -0.1) is 11.3 Å². The minimum atomic E-state index is -4.36. The average Bonchev–Trinajstić information content (AvgIpc) is 3.45. The number of likely N-dealkylation sites (tertiary alicyclic amines) is 1. The van der Waals surface area contributed by atoms with E-state index in [0.717, 1.165) is 37.3 Å². The molecule has 4 rings (SSSR count). The summed E-state index contributed by atoms with van der Waals surface area (Å²) in [5, 5.41) is 5.33. The number of benzene rings is 2. The molecule has 4 nitrogen and oxygen atoms in total. The number of rotatable bonds is 7. The van der Waals surface area contributed by atoms with Gasteiger partial charge in [0.1, 0.15) is 5.01 Å². The summed E-state index contributed by atoms with van der Waals surface area (Å²) in [6.07, 6.45) is -1.76. The third-order valence-electron chi connectivity index (χ3n) is 5.54. The number of alkyl halides is 3. The average molecular weight is 460 g/mol. The summed E-state index contributed by atoms with van der Waals surface area (Å²) < 4.78 is 38.2. The fraction of sp³-hybridized carbons (Fsp3) is 0.333. The summed E-state index contributed by atoms with van der Waals surface area (Å²) in [5.41, 5.74) is 2.85. The second-order valence-electron chi connectivity index (χ2n) is 7.92. The number of amides is 1. The van der Waals surface area contributed by atoms with Gasteiger partial charge in [0.25, 0.3) is 0 Å². The lowest BCUT2D eigenvalue weighted by atomic mass is 10.1. The van der Waals surface area contributed by atoms with Crippen LogP contribution < -0.4 is 5.32 Å². The number of halogens is 3. The highest BCUT2D eigenvalue weighted by Gasteiger charge is 2.30. The van der Waals surface area contributed by atoms with Crippen molar-refractivity contribution < 1.29 is 18.0 Å². The Morgan fingerprint density at radius 2 is 1.72 bits per heavy atom. The fourth-order valence-corrected chi connectivity index (χ4v) is 4.64. The second kappa shape index (κ2) is 9.83. The molecule has 0 bridgehead atoms. The third-order valence-corrected chi connectivity index (χ3v) is 6.48. The van der Waals surface area contributed by atoms with Gasteiger partial charge in [0.15, 0.2) is 0 Å². The molecule has 0 saturated carbocycles. The second-order valence-corrected chi connectivity index (χ2v) is 8.78. The van der Waals surface area contributed by atoms with E-state index in [1.165, 1.54) is 41.9 Å². The Bertz CT molecular complexity index is 1060. The molecule has 2 aromatic carbocycles. The Kier molecular flexibility index (Phi) is 6.91. The number of thiazole rings is 1. The van der Waals surface area contributed by atoms with Crippen molar-refractivity contribution >= 4 is 17.2 Å². The smallest absolute Gasteiger partial charge is 0.352 e. The summed E-state index contributed by atoms with van der Waals surface area (Å²) in [5.74, 6) is -0.134. The molecule has 0 spiro atoms. The van der Waals surface area contributed by atoms with Gasteiger partial charge >= 0.3 is 6.18 Å². The van der Waals surface area contributed by atoms with E-state index in [1.54, 1.807) is 5.38 Å². The van der Waals surface area contributed by atoms with E-state index >= 15 is 0 Å². The van der Waals surface area contributed by atoms with E-state index < -0.39 is 11.7 Å². The van der Waals surface area contributed by atoms with Crippen LogP contribution in [0.3, 0.4) is 0 Å². The molecule has 3 aromatic rings. The first-order chi connectivity index (χ1) is 15.4. The minimum Gasteiger partial charge on any atom is -0.352 e. The first-order valence-corrected chi connectivity index (χ1v) is 11.4. The molecule has 1 N–H and O–H groups in total. The lowest BCUT2D eigenvalue weighted by Gasteiger charge is -2.17. The summed E-state index contributed by atoms with van der Waals surface area (Å²) in [4.78, 5) is 19.3. The Balaban J connectivity index is 1.33. The highest BCUT2D eigenvalue weighted by Crippen LogP contribution is 2.31. The summed E-state index contributed by atoms with van der Waals surface area (Å²) in [6.45, 7) is 3.59. The first kappa shape index (κ1) is 22.5. The van der Waals surface area contributed by atoms with Crippen LogP contribution in [0.5, 0.6) is 0 Å². The molecule has 1 fully saturated rings. The molecule has 2 heterocycles. The first-order valence-electron chi connectivity index (χ1n) is 10.6. The lowest BCUT2D eigenvalue weighted by Crippen LogP contribution is -2.26. The Labute approximate surface area is 189 Å². The number of aromatic nitrogens is 1. The molecular formula is C24H24F3N3OS. The van der Waals surface area contributed by atoms with Gasteiger partial charge < -0.3 is 5.32 Å². The standard InChI is InChI=1S/C24H24F3N3OS/c25-24(26,27)20-9-7-17(8-10-20)23-29-21(16-32-23)13-22(31)28-14-18-5-1-2-6-19(18)15-30-11-3-4-12-30/h1-2,5-10,16H,3-4,11-15H2,(H,28,31).